The molecule has 0 unspecified atom stereocenters. The van der Waals surface area contributed by atoms with Gasteiger partial charge in [-0.1, -0.05) is 12.1 Å². The van der Waals surface area contributed by atoms with Crippen molar-refractivity contribution in [1.29, 1.82) is 5.26 Å². The molecule has 3 N–H and O–H groups in total. The van der Waals surface area contributed by atoms with Crippen LogP contribution in [0.25, 0.3) is 0 Å². The first kappa shape index (κ1) is 33.1. The van der Waals surface area contributed by atoms with Gasteiger partial charge in [-0.2, -0.15) is 5.26 Å². The van der Waals surface area contributed by atoms with Crippen molar-refractivity contribution in [2.24, 2.45) is 16.6 Å². The average Bonchev–Trinajstić information content (AvgIpc) is 3.71. The number of rotatable bonds is 9. The molecule has 10 nitrogen and oxygen atoms in total. The minimum absolute atomic E-state index is 0.0541. The second-order valence-corrected chi connectivity index (χ2v) is 13.9. The van der Waals surface area contributed by atoms with Gasteiger partial charge in [-0.05, 0) is 105 Å². The summed E-state index contributed by atoms with van der Waals surface area (Å²) in [5.41, 5.74) is 11.3. The fourth-order valence-electron chi connectivity index (χ4n) is 7.43. The van der Waals surface area contributed by atoms with E-state index in [0.29, 0.717) is 42.1 Å². The molecule has 244 valence electrons. The first-order valence-corrected chi connectivity index (χ1v) is 16.3. The lowest BCUT2D eigenvalue weighted by Gasteiger charge is -2.39. The van der Waals surface area contributed by atoms with Crippen molar-refractivity contribution in [3.8, 4) is 6.07 Å². The van der Waals surface area contributed by atoms with E-state index < -0.39 is 5.41 Å². The Hall–Kier alpha value is -4.23. The number of nitrogens with one attached hydrogen (secondary N) is 1. The molecule has 1 saturated carbocycles. The van der Waals surface area contributed by atoms with Gasteiger partial charge >= 0.3 is 0 Å². The summed E-state index contributed by atoms with van der Waals surface area (Å²) in [4.78, 5) is 49.3. The Morgan fingerprint density at radius 3 is 2.00 bits per heavy atom. The highest BCUT2D eigenvalue weighted by atomic mass is 16.2. The number of aliphatic imine (C=N–C) groups is 1. The molecule has 3 amide bonds. The van der Waals surface area contributed by atoms with Crippen LogP contribution in [0, 0.1) is 17.2 Å². The molecule has 0 radical (unpaired) electrons. The Labute approximate surface area is 272 Å². The average molecular weight is 626 g/mol. The first-order chi connectivity index (χ1) is 21.8. The third-order valence-electron chi connectivity index (χ3n) is 9.69. The summed E-state index contributed by atoms with van der Waals surface area (Å²) in [7, 11) is 6.96. The quantitative estimate of drug-likeness (QED) is 0.325. The van der Waals surface area contributed by atoms with Crippen LogP contribution in [0.15, 0.2) is 41.4 Å². The van der Waals surface area contributed by atoms with E-state index in [1.165, 1.54) is 0 Å². The summed E-state index contributed by atoms with van der Waals surface area (Å²) >= 11 is 0. The molecule has 2 aromatic rings. The number of aryl methyl sites for hydroxylation is 2. The second-order valence-electron chi connectivity index (χ2n) is 13.9. The van der Waals surface area contributed by atoms with E-state index in [2.05, 4.69) is 11.4 Å². The minimum atomic E-state index is -0.898. The normalized spacial score (nSPS) is 21.8. The Balaban J connectivity index is 1.60. The molecular formula is C36H47N7O3. The second kappa shape index (κ2) is 12.9. The van der Waals surface area contributed by atoms with Crippen LogP contribution in [0.3, 0.4) is 0 Å². The van der Waals surface area contributed by atoms with Crippen molar-refractivity contribution in [3.05, 3.63) is 69.8 Å². The van der Waals surface area contributed by atoms with Gasteiger partial charge < -0.3 is 25.8 Å². The number of benzene rings is 2. The molecule has 0 bridgehead atoms. The van der Waals surface area contributed by atoms with Crippen molar-refractivity contribution in [3.63, 3.8) is 0 Å². The summed E-state index contributed by atoms with van der Waals surface area (Å²) in [5.74, 6) is 0.689. The Bertz CT molecular complexity index is 1530. The molecule has 1 saturated heterocycles. The molecule has 1 heterocycles. The maximum Gasteiger partial charge on any atom is 0.253 e. The number of nitriles is 1. The first-order valence-electron chi connectivity index (χ1n) is 16.3. The van der Waals surface area contributed by atoms with Gasteiger partial charge in [-0.3, -0.25) is 19.4 Å². The highest BCUT2D eigenvalue weighted by Gasteiger charge is 2.54. The number of carbonyl (C=O) groups is 3. The topological polar surface area (TPSA) is 135 Å². The molecule has 46 heavy (non-hydrogen) atoms. The number of nitrogens with zero attached hydrogens (tertiary/aromatic N) is 5. The van der Waals surface area contributed by atoms with Gasteiger partial charge in [0.25, 0.3) is 11.8 Å². The zero-order valence-corrected chi connectivity index (χ0v) is 28.1. The van der Waals surface area contributed by atoms with Crippen molar-refractivity contribution in [2.45, 2.75) is 82.5 Å². The van der Waals surface area contributed by atoms with Gasteiger partial charge in [0.15, 0.2) is 0 Å². The van der Waals surface area contributed by atoms with Crippen molar-refractivity contribution < 1.29 is 14.4 Å². The molecule has 2 fully saturated rings. The summed E-state index contributed by atoms with van der Waals surface area (Å²) < 4.78 is 0. The predicted octanol–water partition coefficient (Wildman–Crippen LogP) is 3.12. The Kier molecular flexibility index (Phi) is 9.28. The maximum atomic E-state index is 13.4. The van der Waals surface area contributed by atoms with Crippen molar-refractivity contribution in [1.82, 2.24) is 20.0 Å². The number of nitrogens with two attached hydrogens (primary N) is 1. The van der Waals surface area contributed by atoms with E-state index in [1.807, 2.05) is 57.2 Å². The maximum absolute atomic E-state index is 13.4. The number of carbonyl (C=O) groups excluding carboxylic acids is 3. The lowest BCUT2D eigenvalue weighted by molar-refractivity contribution is -0.131. The molecule has 5 rings (SSSR count). The van der Waals surface area contributed by atoms with Gasteiger partial charge in [-0.25, -0.2) is 0 Å². The van der Waals surface area contributed by atoms with E-state index >= 15 is 0 Å². The number of hydrogen-bond donors (Lipinski definition) is 2. The van der Waals surface area contributed by atoms with Gasteiger partial charge in [-0.15, -0.1) is 0 Å². The molecule has 4 atom stereocenters. The van der Waals surface area contributed by atoms with Gasteiger partial charge in [0.2, 0.25) is 5.91 Å². The number of piperidine rings is 1. The number of hydrogen-bond acceptors (Lipinski definition) is 6. The van der Waals surface area contributed by atoms with Gasteiger partial charge in [0.1, 0.15) is 11.9 Å². The molecular weight excluding hydrogens is 578 g/mol. The smallest absolute Gasteiger partial charge is 0.253 e. The predicted molar refractivity (Wildman–Crippen MR) is 179 cm³/mol. The lowest BCUT2D eigenvalue weighted by Crippen LogP contribution is -2.50. The SMILES string of the molecule is CC(C)N=C(N)C1(C[C@@H](C)NCC(=O)N2[C@H](C#N)C[C@@H]3C[C@@H]32)c2ccc(C(=O)N(C)C)cc2CCc2cc(C(=O)N(C)C)ccc21. The van der Waals surface area contributed by atoms with E-state index in [-0.39, 0.29) is 48.4 Å². The van der Waals surface area contributed by atoms with E-state index in [0.717, 1.165) is 35.1 Å². The summed E-state index contributed by atoms with van der Waals surface area (Å²) in [6.07, 6.45) is 3.53. The largest absolute Gasteiger partial charge is 0.386 e. The van der Waals surface area contributed by atoms with Crippen LogP contribution in [-0.2, 0) is 23.1 Å². The van der Waals surface area contributed by atoms with Crippen LogP contribution < -0.4 is 11.1 Å². The standard InChI is InChI=1S/C36H47N7O3/c1-21(2)40-35(38)36(18-22(3)39-20-32(44)43-28(19-37)16-27-17-31(27)43)29-12-10-25(33(45)41(4)5)14-23(29)8-9-24-15-26(11-13-30(24)36)34(46)42(6)7/h10-15,21-22,27-28,31,39H,8-9,16-18,20H2,1-7H3,(H2,38,40)/t22-,27-,28+,31+/m1/s1. The zero-order valence-electron chi connectivity index (χ0n) is 28.1. The summed E-state index contributed by atoms with van der Waals surface area (Å²) in [5, 5.41) is 13.1. The van der Waals surface area contributed by atoms with Crippen LogP contribution in [0.2, 0.25) is 0 Å². The van der Waals surface area contributed by atoms with E-state index in [4.69, 9.17) is 10.7 Å². The molecule has 10 heteroatoms. The van der Waals surface area contributed by atoms with Gasteiger partial charge in [0.05, 0.1) is 18.0 Å². The van der Waals surface area contributed by atoms with Crippen LogP contribution in [0.1, 0.15) is 83.0 Å². The minimum Gasteiger partial charge on any atom is -0.386 e. The van der Waals surface area contributed by atoms with Crippen LogP contribution in [0.4, 0.5) is 0 Å². The highest BCUT2D eigenvalue weighted by molar-refractivity contribution is 5.99. The number of amidine groups is 1. The molecule has 1 aliphatic heterocycles. The highest BCUT2D eigenvalue weighted by Crippen LogP contribution is 2.48. The molecule has 2 aliphatic carbocycles. The lowest BCUT2D eigenvalue weighted by atomic mass is 9.67. The van der Waals surface area contributed by atoms with E-state index in [9.17, 15) is 19.6 Å². The van der Waals surface area contributed by atoms with E-state index in [1.54, 1.807) is 42.9 Å². The van der Waals surface area contributed by atoms with Crippen LogP contribution >= 0.6 is 0 Å². The fraction of sp³-hybridized carbons (Fsp3) is 0.528. The fourth-order valence-corrected chi connectivity index (χ4v) is 7.43. The third-order valence-corrected chi connectivity index (χ3v) is 9.69. The molecule has 3 aliphatic rings. The monoisotopic (exact) mass is 625 g/mol. The Morgan fingerprint density at radius 1 is 0.978 bits per heavy atom. The Morgan fingerprint density at radius 2 is 1.52 bits per heavy atom. The number of likely N-dealkylation sites (tertiary alicyclic amines) is 1. The molecule has 2 aromatic carbocycles. The zero-order chi connectivity index (χ0) is 33.5. The van der Waals surface area contributed by atoms with Crippen molar-refractivity contribution in [2.75, 3.05) is 34.7 Å². The molecule has 0 aromatic heterocycles. The number of fused-ring (bicyclic) bond motifs is 3. The third kappa shape index (κ3) is 6.13. The van der Waals surface area contributed by atoms with Crippen LogP contribution in [0.5, 0.6) is 0 Å². The molecule has 0 spiro atoms. The summed E-state index contributed by atoms with van der Waals surface area (Å²) in [6, 6.07) is 13.5. The van der Waals surface area contributed by atoms with Gasteiger partial charge in [0, 0.05) is 57.4 Å². The summed E-state index contributed by atoms with van der Waals surface area (Å²) in [6.45, 7) is 6.14. The van der Waals surface area contributed by atoms with Crippen molar-refractivity contribution >= 4 is 23.6 Å². The number of amides is 3. The van der Waals surface area contributed by atoms with Crippen LogP contribution in [-0.4, -0.2) is 97.2 Å².